The van der Waals surface area contributed by atoms with Gasteiger partial charge in [-0.2, -0.15) is 0 Å². The van der Waals surface area contributed by atoms with Crippen LogP contribution in [0.3, 0.4) is 0 Å². The van der Waals surface area contributed by atoms with Crippen molar-refractivity contribution in [2.75, 3.05) is 0 Å². The maximum atomic E-state index is 6.57. The monoisotopic (exact) mass is 244 g/mol. The molecule has 1 aliphatic rings. The average molecular weight is 245 g/mol. The van der Waals surface area contributed by atoms with Crippen molar-refractivity contribution in [3.63, 3.8) is 0 Å². The molecular weight excluding hydrogens is 216 g/mol. The molecule has 0 aromatic heterocycles. The maximum absolute atomic E-state index is 6.57. The van der Waals surface area contributed by atoms with Gasteiger partial charge in [0.05, 0.1) is 0 Å². The zero-order valence-electron chi connectivity index (χ0n) is 11.6. The fourth-order valence-corrected chi connectivity index (χ4v) is 3.98. The Labute approximate surface area is 107 Å². The second-order valence-electron chi connectivity index (χ2n) is 6.49. The van der Waals surface area contributed by atoms with E-state index in [1.807, 2.05) is 0 Å². The van der Waals surface area contributed by atoms with E-state index in [9.17, 15) is 0 Å². The van der Waals surface area contributed by atoms with Gasteiger partial charge in [0.1, 0.15) is 0 Å². The van der Waals surface area contributed by atoms with E-state index < -0.39 is 0 Å². The summed E-state index contributed by atoms with van der Waals surface area (Å²) in [4.78, 5) is 0. The Kier molecular flexibility index (Phi) is 5.64. The Morgan fingerprint density at radius 2 is 1.88 bits per heavy atom. The number of hydrogen-bond donors (Lipinski definition) is 0. The highest BCUT2D eigenvalue weighted by molar-refractivity contribution is 6.20. The fourth-order valence-electron chi connectivity index (χ4n) is 3.21. The van der Waals surface area contributed by atoms with Crippen molar-refractivity contribution in [2.45, 2.75) is 78.0 Å². The molecule has 96 valence electrons. The molecule has 0 radical (unpaired) electrons. The normalized spacial score (nSPS) is 31.7. The Bertz CT molecular complexity index is 198. The zero-order chi connectivity index (χ0) is 12.2. The first kappa shape index (κ1) is 14.4. The third-order valence-corrected chi connectivity index (χ3v) is 4.95. The highest BCUT2D eigenvalue weighted by atomic mass is 35.5. The summed E-state index contributed by atoms with van der Waals surface area (Å²) in [5, 5.41) is 0.417. The quantitative estimate of drug-likeness (QED) is 0.434. The van der Waals surface area contributed by atoms with Gasteiger partial charge in [0.2, 0.25) is 0 Å². The molecule has 1 fully saturated rings. The third-order valence-electron chi connectivity index (χ3n) is 4.46. The minimum atomic E-state index is 0.417. The van der Waals surface area contributed by atoms with Gasteiger partial charge in [-0.15, -0.1) is 11.6 Å². The summed E-state index contributed by atoms with van der Waals surface area (Å²) >= 11 is 6.57. The van der Waals surface area contributed by atoms with Gasteiger partial charge >= 0.3 is 0 Å². The lowest BCUT2D eigenvalue weighted by atomic mass is 9.67. The molecule has 0 aliphatic heterocycles. The number of rotatable bonds is 5. The SMILES string of the molecule is CCCCCC(C)(C)C1CCC(C)CC1Cl. The standard InChI is InChI=1S/C15H29Cl/c1-5-6-7-10-15(3,4)13-9-8-12(2)11-14(13)16/h12-14H,5-11H2,1-4H3. The van der Waals surface area contributed by atoms with Gasteiger partial charge in [-0.1, -0.05) is 53.4 Å². The topological polar surface area (TPSA) is 0 Å². The van der Waals surface area contributed by atoms with Crippen LogP contribution in [0, 0.1) is 17.3 Å². The molecule has 3 atom stereocenters. The van der Waals surface area contributed by atoms with E-state index in [-0.39, 0.29) is 0 Å². The molecule has 0 aromatic rings. The van der Waals surface area contributed by atoms with Gasteiger partial charge in [0.25, 0.3) is 0 Å². The second-order valence-corrected chi connectivity index (χ2v) is 7.05. The third kappa shape index (κ3) is 3.95. The Morgan fingerprint density at radius 3 is 2.44 bits per heavy atom. The van der Waals surface area contributed by atoms with Crippen LogP contribution in [0.1, 0.15) is 72.6 Å². The van der Waals surface area contributed by atoms with Crippen LogP contribution >= 0.6 is 11.6 Å². The predicted octanol–water partition coefficient (Wildman–Crippen LogP) is 5.64. The fraction of sp³-hybridized carbons (Fsp3) is 1.00. The minimum Gasteiger partial charge on any atom is -0.123 e. The summed E-state index contributed by atoms with van der Waals surface area (Å²) in [6, 6.07) is 0. The molecule has 0 nitrogen and oxygen atoms in total. The van der Waals surface area contributed by atoms with Gasteiger partial charge in [0.15, 0.2) is 0 Å². The average Bonchev–Trinajstić information content (AvgIpc) is 2.17. The van der Waals surface area contributed by atoms with E-state index in [0.717, 1.165) is 11.8 Å². The molecule has 0 bridgehead atoms. The first-order chi connectivity index (χ1) is 7.47. The maximum Gasteiger partial charge on any atom is 0.0371 e. The molecule has 0 amide bonds. The van der Waals surface area contributed by atoms with Gasteiger partial charge in [0, 0.05) is 5.38 Å². The van der Waals surface area contributed by atoms with Crippen molar-refractivity contribution in [2.24, 2.45) is 17.3 Å². The smallest absolute Gasteiger partial charge is 0.0371 e. The van der Waals surface area contributed by atoms with E-state index >= 15 is 0 Å². The lowest BCUT2D eigenvalue weighted by Gasteiger charge is -2.42. The van der Waals surface area contributed by atoms with Crippen LogP contribution in [0.4, 0.5) is 0 Å². The molecule has 0 heterocycles. The molecular formula is C15H29Cl. The lowest BCUT2D eigenvalue weighted by molar-refractivity contribution is 0.128. The first-order valence-corrected chi connectivity index (χ1v) is 7.55. The van der Waals surface area contributed by atoms with Crippen LogP contribution in [0.15, 0.2) is 0 Å². The molecule has 0 aromatic carbocycles. The second kappa shape index (κ2) is 6.28. The van der Waals surface area contributed by atoms with Gasteiger partial charge in [-0.3, -0.25) is 0 Å². The van der Waals surface area contributed by atoms with Gasteiger partial charge in [-0.05, 0) is 36.5 Å². The highest BCUT2D eigenvalue weighted by Gasteiger charge is 2.37. The highest BCUT2D eigenvalue weighted by Crippen LogP contribution is 2.45. The van der Waals surface area contributed by atoms with Gasteiger partial charge < -0.3 is 0 Å². The minimum absolute atomic E-state index is 0.417. The summed E-state index contributed by atoms with van der Waals surface area (Å²) in [6.07, 6.45) is 9.37. The number of hydrogen-bond acceptors (Lipinski definition) is 0. The molecule has 1 heteroatoms. The van der Waals surface area contributed by atoms with Crippen LogP contribution in [-0.2, 0) is 0 Å². The van der Waals surface area contributed by atoms with Crippen LogP contribution in [0.5, 0.6) is 0 Å². The molecule has 1 aliphatic carbocycles. The van der Waals surface area contributed by atoms with E-state index in [1.165, 1.54) is 44.9 Å². The Balaban J connectivity index is 2.47. The molecule has 0 saturated heterocycles. The van der Waals surface area contributed by atoms with E-state index in [4.69, 9.17) is 11.6 Å². The summed E-state index contributed by atoms with van der Waals surface area (Å²) in [6.45, 7) is 9.48. The van der Waals surface area contributed by atoms with Crippen LogP contribution in [-0.4, -0.2) is 5.38 Å². The van der Waals surface area contributed by atoms with Crippen molar-refractivity contribution in [3.8, 4) is 0 Å². The number of unbranched alkanes of at least 4 members (excludes halogenated alkanes) is 2. The molecule has 1 rings (SSSR count). The van der Waals surface area contributed by atoms with Gasteiger partial charge in [-0.25, -0.2) is 0 Å². The molecule has 3 unspecified atom stereocenters. The molecule has 0 spiro atoms. The zero-order valence-corrected chi connectivity index (χ0v) is 12.3. The van der Waals surface area contributed by atoms with Crippen LogP contribution < -0.4 is 0 Å². The summed E-state index contributed by atoms with van der Waals surface area (Å²) in [5.41, 5.74) is 0.446. The Hall–Kier alpha value is 0.290. The van der Waals surface area contributed by atoms with Crippen molar-refractivity contribution >= 4 is 11.6 Å². The van der Waals surface area contributed by atoms with Crippen molar-refractivity contribution in [3.05, 3.63) is 0 Å². The first-order valence-electron chi connectivity index (χ1n) is 7.11. The molecule has 0 N–H and O–H groups in total. The number of alkyl halides is 1. The van der Waals surface area contributed by atoms with E-state index in [1.54, 1.807) is 0 Å². The molecule has 1 saturated carbocycles. The summed E-state index contributed by atoms with van der Waals surface area (Å²) < 4.78 is 0. The lowest BCUT2D eigenvalue weighted by Crippen LogP contribution is -2.35. The predicted molar refractivity (Wildman–Crippen MR) is 74.1 cm³/mol. The van der Waals surface area contributed by atoms with E-state index in [0.29, 0.717) is 10.8 Å². The van der Waals surface area contributed by atoms with Crippen LogP contribution in [0.2, 0.25) is 0 Å². The van der Waals surface area contributed by atoms with Crippen molar-refractivity contribution in [1.29, 1.82) is 0 Å². The van der Waals surface area contributed by atoms with Crippen molar-refractivity contribution in [1.82, 2.24) is 0 Å². The Morgan fingerprint density at radius 1 is 1.19 bits per heavy atom. The van der Waals surface area contributed by atoms with Crippen molar-refractivity contribution < 1.29 is 0 Å². The van der Waals surface area contributed by atoms with Crippen LogP contribution in [0.25, 0.3) is 0 Å². The summed E-state index contributed by atoms with van der Waals surface area (Å²) in [7, 11) is 0. The largest absolute Gasteiger partial charge is 0.123 e. The molecule has 16 heavy (non-hydrogen) atoms. The number of halogens is 1. The van der Waals surface area contributed by atoms with E-state index in [2.05, 4.69) is 27.7 Å². The summed E-state index contributed by atoms with van der Waals surface area (Å²) in [5.74, 6) is 1.58.